The Balaban J connectivity index is 2.15. The van der Waals surface area contributed by atoms with E-state index in [1.807, 2.05) is 13.8 Å². The fourth-order valence-electron chi connectivity index (χ4n) is 3.71. The van der Waals surface area contributed by atoms with Crippen molar-refractivity contribution in [2.24, 2.45) is 0 Å². The summed E-state index contributed by atoms with van der Waals surface area (Å²) in [6, 6.07) is 0.482. The van der Waals surface area contributed by atoms with Crippen LogP contribution in [-0.4, -0.2) is 24.5 Å². The Labute approximate surface area is 123 Å². The van der Waals surface area contributed by atoms with Gasteiger partial charge in [-0.2, -0.15) is 0 Å². The highest BCUT2D eigenvalue weighted by atomic mass is 31.2. The summed E-state index contributed by atoms with van der Waals surface area (Å²) in [5.41, 5.74) is 0. The van der Waals surface area contributed by atoms with Gasteiger partial charge in [0.2, 0.25) is 0 Å². The molecule has 1 N–H and O–H groups in total. The normalized spacial score (nSPS) is 24.1. The predicted molar refractivity (Wildman–Crippen MR) is 82.1 cm³/mol. The third-order valence-corrected chi connectivity index (χ3v) is 7.45. The zero-order valence-electron chi connectivity index (χ0n) is 13.0. The van der Waals surface area contributed by atoms with Crippen molar-refractivity contribution >= 4 is 7.60 Å². The second kappa shape index (κ2) is 7.40. The average molecular weight is 303 g/mol. The quantitative estimate of drug-likeness (QED) is 0.706. The first-order valence-corrected chi connectivity index (χ1v) is 9.87. The topological polar surface area (TPSA) is 47.6 Å². The van der Waals surface area contributed by atoms with Gasteiger partial charge in [0.15, 0.2) is 0 Å². The molecule has 2 fully saturated rings. The van der Waals surface area contributed by atoms with Crippen molar-refractivity contribution in [3.8, 4) is 0 Å². The highest BCUT2D eigenvalue weighted by Crippen LogP contribution is 2.64. The van der Waals surface area contributed by atoms with E-state index < -0.39 is 12.9 Å². The molecule has 5 heteroatoms. The maximum Gasteiger partial charge on any atom is 0.350 e. The lowest BCUT2D eigenvalue weighted by Gasteiger charge is -2.40. The second-order valence-corrected chi connectivity index (χ2v) is 8.42. The van der Waals surface area contributed by atoms with Gasteiger partial charge in [0.25, 0.3) is 0 Å². The van der Waals surface area contributed by atoms with Crippen molar-refractivity contribution in [1.29, 1.82) is 0 Å². The molecule has 0 spiro atoms. The molecule has 2 aliphatic carbocycles. The molecular formula is C15H30NO3P. The molecule has 0 amide bonds. The van der Waals surface area contributed by atoms with Crippen molar-refractivity contribution in [2.75, 3.05) is 13.2 Å². The molecular weight excluding hydrogens is 273 g/mol. The molecule has 0 aromatic carbocycles. The highest BCUT2D eigenvalue weighted by Gasteiger charge is 2.53. The van der Waals surface area contributed by atoms with Gasteiger partial charge >= 0.3 is 7.60 Å². The maximum absolute atomic E-state index is 13.3. The molecule has 0 radical (unpaired) electrons. The second-order valence-electron chi connectivity index (χ2n) is 6.05. The number of rotatable bonds is 7. The Bertz CT molecular complexity index is 326. The number of nitrogens with one attached hydrogen (secondary N) is 1. The summed E-state index contributed by atoms with van der Waals surface area (Å²) in [7, 11) is -3.08. The van der Waals surface area contributed by atoms with Gasteiger partial charge in [-0.3, -0.25) is 9.88 Å². The molecule has 0 atom stereocenters. The van der Waals surface area contributed by atoms with Crippen LogP contribution in [0.3, 0.4) is 0 Å². The minimum atomic E-state index is -3.08. The Morgan fingerprint density at radius 1 is 1.00 bits per heavy atom. The van der Waals surface area contributed by atoms with E-state index in [9.17, 15) is 4.57 Å². The molecule has 0 heterocycles. The number of hydrogen-bond acceptors (Lipinski definition) is 4. The summed E-state index contributed by atoms with van der Waals surface area (Å²) in [6.07, 6.45) is 10.3. The Kier molecular flexibility index (Phi) is 6.09. The van der Waals surface area contributed by atoms with Gasteiger partial charge in [0, 0.05) is 6.04 Å². The molecule has 2 rings (SSSR count). The summed E-state index contributed by atoms with van der Waals surface area (Å²) in [5.74, 6) is 0. The van der Waals surface area contributed by atoms with Crippen LogP contribution in [0.2, 0.25) is 0 Å². The van der Waals surface area contributed by atoms with Gasteiger partial charge in [-0.05, 0) is 39.5 Å². The lowest BCUT2D eigenvalue weighted by atomic mass is 9.94. The summed E-state index contributed by atoms with van der Waals surface area (Å²) in [4.78, 5) is 0. The minimum Gasteiger partial charge on any atom is -0.308 e. The standard InChI is InChI=1S/C15H30NO3P/c1-3-18-20(17,19-4-2)15(12-8-9-13-15)16-14-10-6-5-7-11-14/h14,16H,3-13H2,1-2H3. The molecule has 0 aliphatic heterocycles. The van der Waals surface area contributed by atoms with Crippen molar-refractivity contribution in [1.82, 2.24) is 5.32 Å². The lowest BCUT2D eigenvalue weighted by molar-refractivity contribution is 0.175. The van der Waals surface area contributed by atoms with E-state index in [2.05, 4.69) is 5.32 Å². The molecule has 2 aliphatic rings. The van der Waals surface area contributed by atoms with E-state index in [0.29, 0.717) is 19.3 Å². The predicted octanol–water partition coefficient (Wildman–Crippen LogP) is 4.45. The molecule has 4 nitrogen and oxygen atoms in total. The molecule has 0 saturated heterocycles. The first-order valence-electron chi connectivity index (χ1n) is 8.33. The Morgan fingerprint density at radius 2 is 1.55 bits per heavy atom. The number of hydrogen-bond donors (Lipinski definition) is 1. The molecule has 118 valence electrons. The molecule has 0 aromatic rings. The Hall–Kier alpha value is 0.110. The molecule has 2 saturated carbocycles. The van der Waals surface area contributed by atoms with Crippen LogP contribution in [0.4, 0.5) is 0 Å². The molecule has 0 unspecified atom stereocenters. The monoisotopic (exact) mass is 303 g/mol. The van der Waals surface area contributed by atoms with Crippen LogP contribution in [0.5, 0.6) is 0 Å². The van der Waals surface area contributed by atoms with Crippen molar-refractivity contribution in [3.63, 3.8) is 0 Å². The van der Waals surface area contributed by atoms with Gasteiger partial charge in [-0.25, -0.2) is 0 Å². The molecule has 20 heavy (non-hydrogen) atoms. The van der Waals surface area contributed by atoms with Crippen molar-refractivity contribution in [2.45, 2.75) is 83.0 Å². The van der Waals surface area contributed by atoms with Crippen molar-refractivity contribution in [3.05, 3.63) is 0 Å². The van der Waals surface area contributed by atoms with Gasteiger partial charge in [-0.1, -0.05) is 32.1 Å². The van der Waals surface area contributed by atoms with E-state index in [4.69, 9.17) is 9.05 Å². The van der Waals surface area contributed by atoms with E-state index >= 15 is 0 Å². The van der Waals surface area contributed by atoms with E-state index in [1.54, 1.807) is 0 Å². The van der Waals surface area contributed by atoms with Crippen LogP contribution in [0.25, 0.3) is 0 Å². The van der Waals surface area contributed by atoms with Crippen LogP contribution in [-0.2, 0) is 13.6 Å². The maximum atomic E-state index is 13.3. The molecule has 0 bridgehead atoms. The minimum absolute atomic E-state index is 0.430. The fraction of sp³-hybridized carbons (Fsp3) is 1.00. The summed E-state index contributed by atoms with van der Waals surface area (Å²) in [6.45, 7) is 4.70. The lowest BCUT2D eigenvalue weighted by Crippen LogP contribution is -2.49. The third kappa shape index (κ3) is 3.47. The SMILES string of the molecule is CCOP(=O)(OCC)C1(NC2CCCCC2)CCCC1. The van der Waals surface area contributed by atoms with Gasteiger partial charge in [0.1, 0.15) is 5.28 Å². The van der Waals surface area contributed by atoms with Crippen LogP contribution < -0.4 is 5.32 Å². The summed E-state index contributed by atoms with van der Waals surface area (Å²) < 4.78 is 24.6. The van der Waals surface area contributed by atoms with Crippen LogP contribution in [0.1, 0.15) is 71.6 Å². The van der Waals surface area contributed by atoms with Crippen LogP contribution >= 0.6 is 7.60 Å². The Morgan fingerprint density at radius 3 is 2.05 bits per heavy atom. The summed E-state index contributed by atoms with van der Waals surface area (Å²) in [5, 5.41) is 3.30. The summed E-state index contributed by atoms with van der Waals surface area (Å²) >= 11 is 0. The van der Waals surface area contributed by atoms with Gasteiger partial charge in [0.05, 0.1) is 13.2 Å². The average Bonchev–Trinajstić information content (AvgIpc) is 2.91. The zero-order valence-corrected chi connectivity index (χ0v) is 13.9. The van der Waals surface area contributed by atoms with E-state index in [0.717, 1.165) is 25.7 Å². The van der Waals surface area contributed by atoms with Gasteiger partial charge < -0.3 is 9.05 Å². The van der Waals surface area contributed by atoms with Gasteiger partial charge in [-0.15, -0.1) is 0 Å². The molecule has 0 aromatic heterocycles. The van der Waals surface area contributed by atoms with E-state index in [1.165, 1.54) is 32.1 Å². The van der Waals surface area contributed by atoms with Crippen LogP contribution in [0, 0.1) is 0 Å². The van der Waals surface area contributed by atoms with E-state index in [-0.39, 0.29) is 0 Å². The van der Waals surface area contributed by atoms with Crippen LogP contribution in [0.15, 0.2) is 0 Å². The smallest absolute Gasteiger partial charge is 0.308 e. The first kappa shape index (κ1) is 16.5. The van der Waals surface area contributed by atoms with Crippen molar-refractivity contribution < 1.29 is 13.6 Å². The highest BCUT2D eigenvalue weighted by molar-refractivity contribution is 7.55. The first-order chi connectivity index (χ1) is 9.66. The fourth-order valence-corrected chi connectivity index (χ4v) is 6.16. The third-order valence-electron chi connectivity index (χ3n) is 4.63. The zero-order chi connectivity index (χ0) is 14.5. The largest absolute Gasteiger partial charge is 0.350 e.